The van der Waals surface area contributed by atoms with Gasteiger partial charge < -0.3 is 4.74 Å². The second-order valence-electron chi connectivity index (χ2n) is 5.03. The van der Waals surface area contributed by atoms with Crippen molar-refractivity contribution in [1.29, 1.82) is 0 Å². The molecular weight excluding hydrogens is 257 g/mol. The first-order valence-corrected chi connectivity index (χ1v) is 7.20. The van der Waals surface area contributed by atoms with Gasteiger partial charge in [-0.1, -0.05) is 0 Å². The van der Waals surface area contributed by atoms with Gasteiger partial charge in [-0.15, -0.1) is 3.89 Å². The Kier molecular flexibility index (Phi) is 3.18. The van der Waals surface area contributed by atoms with Gasteiger partial charge in [-0.3, -0.25) is 0 Å². The summed E-state index contributed by atoms with van der Waals surface area (Å²) >= 11 is 0. The van der Waals surface area contributed by atoms with Crippen LogP contribution >= 0.6 is 0 Å². The Hall–Kier alpha value is -0.300. The zero-order chi connectivity index (χ0) is 12.7. The standard InChI is InChI=1S/C10H15F3O3S/c11-10(12)3-1-9(2-4-10)5-6-16-8(9)7-17(13,14)15/h8H,1-7H2. The molecule has 7 heteroatoms. The molecule has 17 heavy (non-hydrogen) atoms. The molecule has 1 unspecified atom stereocenters. The summed E-state index contributed by atoms with van der Waals surface area (Å²) in [6, 6.07) is 0. The Labute approximate surface area is 98.5 Å². The largest absolute Gasteiger partial charge is 0.376 e. The molecule has 1 atom stereocenters. The maximum Gasteiger partial charge on any atom is 0.304 e. The van der Waals surface area contributed by atoms with Crippen molar-refractivity contribution in [2.45, 2.75) is 44.1 Å². The lowest BCUT2D eigenvalue weighted by molar-refractivity contribution is -0.0798. The first-order chi connectivity index (χ1) is 7.73. The molecule has 1 heterocycles. The van der Waals surface area contributed by atoms with E-state index in [-0.39, 0.29) is 25.7 Å². The van der Waals surface area contributed by atoms with Gasteiger partial charge in [0, 0.05) is 24.9 Å². The first kappa shape index (κ1) is 13.1. The van der Waals surface area contributed by atoms with Crippen molar-refractivity contribution in [2.75, 3.05) is 12.4 Å². The third kappa shape index (κ3) is 2.93. The summed E-state index contributed by atoms with van der Waals surface area (Å²) in [6.45, 7) is 0.325. The molecule has 2 aliphatic rings. The molecule has 2 rings (SSSR count). The summed E-state index contributed by atoms with van der Waals surface area (Å²) < 4.78 is 65.3. The van der Waals surface area contributed by atoms with Gasteiger partial charge in [0.2, 0.25) is 5.92 Å². The van der Waals surface area contributed by atoms with Gasteiger partial charge in [0.05, 0.1) is 6.10 Å². The minimum absolute atomic E-state index is 0.209. The summed E-state index contributed by atoms with van der Waals surface area (Å²) in [5.41, 5.74) is -0.569. The summed E-state index contributed by atoms with van der Waals surface area (Å²) in [4.78, 5) is 0. The summed E-state index contributed by atoms with van der Waals surface area (Å²) in [6.07, 6.45) is -0.337. The van der Waals surface area contributed by atoms with Crippen LogP contribution in [0.15, 0.2) is 0 Å². The average Bonchev–Trinajstić information content (AvgIpc) is 2.53. The first-order valence-electron chi connectivity index (χ1n) is 5.64. The molecule has 0 aromatic carbocycles. The van der Waals surface area contributed by atoms with Crippen LogP contribution in [0.4, 0.5) is 12.7 Å². The Morgan fingerprint density at radius 2 is 1.71 bits per heavy atom. The van der Waals surface area contributed by atoms with Crippen molar-refractivity contribution in [3.63, 3.8) is 0 Å². The van der Waals surface area contributed by atoms with Crippen LogP contribution in [0.5, 0.6) is 0 Å². The molecule has 2 fully saturated rings. The maximum atomic E-state index is 13.1. The van der Waals surface area contributed by atoms with E-state index < -0.39 is 33.4 Å². The van der Waals surface area contributed by atoms with Gasteiger partial charge >= 0.3 is 10.2 Å². The van der Waals surface area contributed by atoms with Crippen molar-refractivity contribution in [3.05, 3.63) is 0 Å². The number of rotatable bonds is 2. The van der Waals surface area contributed by atoms with E-state index in [1.54, 1.807) is 0 Å². The number of halogens is 3. The minimum atomic E-state index is -4.62. The van der Waals surface area contributed by atoms with Crippen LogP contribution in [-0.4, -0.2) is 32.8 Å². The monoisotopic (exact) mass is 272 g/mol. The van der Waals surface area contributed by atoms with E-state index in [1.807, 2.05) is 0 Å². The van der Waals surface area contributed by atoms with Gasteiger partial charge in [0.15, 0.2) is 0 Å². The van der Waals surface area contributed by atoms with E-state index in [0.29, 0.717) is 13.0 Å². The van der Waals surface area contributed by atoms with E-state index >= 15 is 0 Å². The third-order valence-electron chi connectivity index (χ3n) is 3.93. The smallest absolute Gasteiger partial charge is 0.304 e. The van der Waals surface area contributed by atoms with E-state index in [4.69, 9.17) is 4.74 Å². The zero-order valence-corrected chi connectivity index (χ0v) is 10.1. The van der Waals surface area contributed by atoms with Crippen LogP contribution in [0.25, 0.3) is 0 Å². The van der Waals surface area contributed by atoms with Crippen molar-refractivity contribution < 1.29 is 25.8 Å². The fourth-order valence-electron chi connectivity index (χ4n) is 2.83. The van der Waals surface area contributed by atoms with Crippen molar-refractivity contribution in [3.8, 4) is 0 Å². The Bertz CT molecular complexity index is 384. The molecule has 0 aromatic heterocycles. The highest BCUT2D eigenvalue weighted by Gasteiger charge is 2.51. The lowest BCUT2D eigenvalue weighted by atomic mass is 9.69. The van der Waals surface area contributed by atoms with Crippen LogP contribution in [0, 0.1) is 5.41 Å². The summed E-state index contributed by atoms with van der Waals surface area (Å²) in [5.74, 6) is -3.38. The molecule has 0 radical (unpaired) electrons. The molecule has 1 saturated carbocycles. The summed E-state index contributed by atoms with van der Waals surface area (Å²) in [7, 11) is -4.62. The second-order valence-corrected chi connectivity index (χ2v) is 6.44. The molecule has 1 aliphatic heterocycles. The van der Waals surface area contributed by atoms with Crippen LogP contribution in [0.3, 0.4) is 0 Å². The Morgan fingerprint density at radius 1 is 1.12 bits per heavy atom. The minimum Gasteiger partial charge on any atom is -0.376 e. The van der Waals surface area contributed by atoms with E-state index in [9.17, 15) is 21.1 Å². The fraction of sp³-hybridized carbons (Fsp3) is 1.00. The molecule has 0 N–H and O–H groups in total. The molecule has 1 aliphatic carbocycles. The van der Waals surface area contributed by atoms with Crippen molar-refractivity contribution >= 4 is 10.2 Å². The Balaban J connectivity index is 2.09. The second kappa shape index (κ2) is 4.12. The average molecular weight is 272 g/mol. The van der Waals surface area contributed by atoms with Gasteiger partial charge in [-0.25, -0.2) is 8.78 Å². The highest BCUT2D eigenvalue weighted by Crippen LogP contribution is 2.51. The molecule has 1 spiro atoms. The predicted molar refractivity (Wildman–Crippen MR) is 55.1 cm³/mol. The lowest BCUT2D eigenvalue weighted by Gasteiger charge is -2.39. The predicted octanol–water partition coefficient (Wildman–Crippen LogP) is 2.27. The molecular formula is C10H15F3O3S. The van der Waals surface area contributed by atoms with E-state index in [2.05, 4.69) is 0 Å². The SMILES string of the molecule is O=S(=O)(F)CC1OCCC12CCC(F)(F)CC2. The topological polar surface area (TPSA) is 43.4 Å². The lowest BCUT2D eigenvalue weighted by Crippen LogP contribution is -2.41. The van der Waals surface area contributed by atoms with E-state index in [1.165, 1.54) is 0 Å². The van der Waals surface area contributed by atoms with Crippen LogP contribution in [-0.2, 0) is 15.0 Å². The van der Waals surface area contributed by atoms with Gasteiger partial charge in [-0.2, -0.15) is 8.42 Å². The fourth-order valence-corrected chi connectivity index (χ4v) is 3.64. The molecule has 0 aromatic rings. The number of hydrogen-bond acceptors (Lipinski definition) is 3. The zero-order valence-electron chi connectivity index (χ0n) is 9.29. The number of hydrogen-bond donors (Lipinski definition) is 0. The van der Waals surface area contributed by atoms with Crippen molar-refractivity contribution in [2.24, 2.45) is 5.41 Å². The third-order valence-corrected chi connectivity index (χ3v) is 4.63. The highest BCUT2D eigenvalue weighted by molar-refractivity contribution is 7.86. The van der Waals surface area contributed by atoms with Crippen LogP contribution in [0.2, 0.25) is 0 Å². The number of alkyl halides is 2. The summed E-state index contributed by atoms with van der Waals surface area (Å²) in [5, 5.41) is 0. The molecule has 1 saturated heterocycles. The van der Waals surface area contributed by atoms with Crippen LogP contribution < -0.4 is 0 Å². The quantitative estimate of drug-likeness (QED) is 0.724. The van der Waals surface area contributed by atoms with Gasteiger partial charge in [0.25, 0.3) is 0 Å². The van der Waals surface area contributed by atoms with E-state index in [0.717, 1.165) is 0 Å². The van der Waals surface area contributed by atoms with Gasteiger partial charge in [0.1, 0.15) is 5.75 Å². The van der Waals surface area contributed by atoms with Gasteiger partial charge in [-0.05, 0) is 19.3 Å². The maximum absolute atomic E-state index is 13.1. The highest BCUT2D eigenvalue weighted by atomic mass is 32.3. The normalized spacial score (nSPS) is 31.8. The molecule has 100 valence electrons. The molecule has 3 nitrogen and oxygen atoms in total. The van der Waals surface area contributed by atoms with Crippen LogP contribution in [0.1, 0.15) is 32.1 Å². The van der Waals surface area contributed by atoms with Crippen molar-refractivity contribution in [1.82, 2.24) is 0 Å². The molecule has 0 amide bonds. The molecule has 0 bridgehead atoms. The number of ether oxygens (including phenoxy) is 1. The Morgan fingerprint density at radius 3 is 2.24 bits per heavy atom.